The van der Waals surface area contributed by atoms with Gasteiger partial charge in [0.05, 0.1) is 0 Å². The molecule has 1 saturated heterocycles. The predicted octanol–water partition coefficient (Wildman–Crippen LogP) is -0.129. The van der Waals surface area contributed by atoms with Crippen LogP contribution in [0.3, 0.4) is 0 Å². The van der Waals surface area contributed by atoms with Crippen molar-refractivity contribution in [2.45, 2.75) is 38.8 Å². The molecule has 4 nitrogen and oxygen atoms in total. The lowest BCUT2D eigenvalue weighted by molar-refractivity contribution is -0.136. The average molecular weight is 170 g/mol. The highest BCUT2D eigenvalue weighted by Crippen LogP contribution is 2.20. The quantitative estimate of drug-likeness (QED) is 0.627. The van der Waals surface area contributed by atoms with E-state index >= 15 is 0 Å². The van der Waals surface area contributed by atoms with Gasteiger partial charge in [-0.25, -0.2) is 0 Å². The molecule has 0 spiro atoms. The Morgan fingerprint density at radius 1 is 1.75 bits per heavy atom. The number of hydrogen-bond donors (Lipinski definition) is 1. The first kappa shape index (κ1) is 9.03. The largest absolute Gasteiger partial charge is 0.368 e. The zero-order chi connectivity index (χ0) is 9.30. The number of nitrogens with two attached hydrogens (primary N) is 1. The summed E-state index contributed by atoms with van der Waals surface area (Å²) in [6.07, 6.45) is 1.37. The fourth-order valence-corrected chi connectivity index (χ4v) is 1.58. The molecular formula is C8H14N2O2. The van der Waals surface area contributed by atoms with Gasteiger partial charge in [0.2, 0.25) is 11.8 Å². The highest BCUT2D eigenvalue weighted by atomic mass is 16.2. The lowest BCUT2D eigenvalue weighted by Gasteiger charge is -2.26. The highest BCUT2D eigenvalue weighted by Gasteiger charge is 2.33. The van der Waals surface area contributed by atoms with Crippen molar-refractivity contribution in [2.75, 3.05) is 0 Å². The monoisotopic (exact) mass is 170 g/mol. The number of likely N-dealkylation sites (tertiary alicyclic amines) is 1. The van der Waals surface area contributed by atoms with E-state index in [-0.39, 0.29) is 11.9 Å². The van der Waals surface area contributed by atoms with Gasteiger partial charge in [0.15, 0.2) is 0 Å². The number of amides is 2. The maximum atomic E-state index is 11.2. The van der Waals surface area contributed by atoms with Crippen LogP contribution in [0.2, 0.25) is 0 Å². The van der Waals surface area contributed by atoms with Crippen molar-refractivity contribution in [3.05, 3.63) is 0 Å². The molecule has 1 heterocycles. The first-order chi connectivity index (χ1) is 5.54. The summed E-state index contributed by atoms with van der Waals surface area (Å²) in [5.74, 6) is -0.397. The Balaban J connectivity index is 2.72. The summed E-state index contributed by atoms with van der Waals surface area (Å²) in [6, 6.07) is -0.310. The van der Waals surface area contributed by atoms with E-state index in [4.69, 9.17) is 5.73 Å². The molecule has 0 bridgehead atoms. The molecule has 4 heteroatoms. The summed E-state index contributed by atoms with van der Waals surface area (Å²) >= 11 is 0. The Bertz CT molecular complexity index is 215. The lowest BCUT2D eigenvalue weighted by Crippen LogP contribution is -2.46. The van der Waals surface area contributed by atoms with Crippen molar-refractivity contribution < 1.29 is 9.59 Å². The second-order valence-corrected chi connectivity index (χ2v) is 3.27. The van der Waals surface area contributed by atoms with Gasteiger partial charge in [-0.1, -0.05) is 0 Å². The van der Waals surface area contributed by atoms with E-state index in [1.807, 2.05) is 6.92 Å². The SMILES string of the molecule is CC1CCC(=O)N1C(C)C(N)=O. The van der Waals surface area contributed by atoms with Crippen molar-refractivity contribution in [3.8, 4) is 0 Å². The highest BCUT2D eigenvalue weighted by molar-refractivity contribution is 5.87. The van der Waals surface area contributed by atoms with Crippen LogP contribution >= 0.6 is 0 Å². The number of nitrogens with zero attached hydrogens (tertiary/aromatic N) is 1. The number of hydrogen-bond acceptors (Lipinski definition) is 2. The van der Waals surface area contributed by atoms with E-state index in [1.54, 1.807) is 11.8 Å². The molecule has 2 amide bonds. The van der Waals surface area contributed by atoms with E-state index in [0.29, 0.717) is 6.42 Å². The third-order valence-electron chi connectivity index (χ3n) is 2.37. The summed E-state index contributed by atoms with van der Waals surface area (Å²) < 4.78 is 0. The van der Waals surface area contributed by atoms with Crippen molar-refractivity contribution in [1.29, 1.82) is 0 Å². The maximum absolute atomic E-state index is 11.2. The van der Waals surface area contributed by atoms with Crippen LogP contribution in [0.25, 0.3) is 0 Å². The fraction of sp³-hybridized carbons (Fsp3) is 0.750. The van der Waals surface area contributed by atoms with Crippen molar-refractivity contribution >= 4 is 11.8 Å². The molecule has 12 heavy (non-hydrogen) atoms. The minimum Gasteiger partial charge on any atom is -0.368 e. The van der Waals surface area contributed by atoms with Crippen molar-refractivity contribution in [2.24, 2.45) is 5.73 Å². The van der Waals surface area contributed by atoms with Crippen molar-refractivity contribution in [3.63, 3.8) is 0 Å². The maximum Gasteiger partial charge on any atom is 0.239 e. The molecule has 1 aliphatic heterocycles. The lowest BCUT2D eigenvalue weighted by atomic mass is 10.2. The van der Waals surface area contributed by atoms with E-state index in [1.165, 1.54) is 0 Å². The Morgan fingerprint density at radius 3 is 2.67 bits per heavy atom. The third-order valence-corrected chi connectivity index (χ3v) is 2.37. The Hall–Kier alpha value is -1.06. The molecule has 1 fully saturated rings. The number of carbonyl (C=O) groups excluding carboxylic acids is 2. The van der Waals surface area contributed by atoms with Crippen LogP contribution in [0.15, 0.2) is 0 Å². The standard InChI is InChI=1S/C8H14N2O2/c1-5-3-4-7(11)10(5)6(2)8(9)12/h5-6H,3-4H2,1-2H3,(H2,9,12). The first-order valence-corrected chi connectivity index (χ1v) is 4.14. The van der Waals surface area contributed by atoms with Gasteiger partial charge in [0.25, 0.3) is 0 Å². The first-order valence-electron chi connectivity index (χ1n) is 4.14. The Morgan fingerprint density at radius 2 is 2.33 bits per heavy atom. The minimum atomic E-state index is -0.463. The zero-order valence-corrected chi connectivity index (χ0v) is 7.41. The summed E-state index contributed by atoms with van der Waals surface area (Å²) in [7, 11) is 0. The number of carbonyl (C=O) groups is 2. The van der Waals surface area contributed by atoms with Gasteiger partial charge < -0.3 is 10.6 Å². The molecule has 2 atom stereocenters. The second-order valence-electron chi connectivity index (χ2n) is 3.27. The normalized spacial score (nSPS) is 26.0. The molecule has 0 saturated carbocycles. The molecular weight excluding hydrogens is 156 g/mol. The number of primary amides is 1. The molecule has 2 N–H and O–H groups in total. The van der Waals surface area contributed by atoms with Gasteiger partial charge in [-0.15, -0.1) is 0 Å². The van der Waals surface area contributed by atoms with Gasteiger partial charge >= 0.3 is 0 Å². The van der Waals surface area contributed by atoms with Gasteiger partial charge in [0, 0.05) is 12.5 Å². The Kier molecular flexibility index (Phi) is 2.35. The van der Waals surface area contributed by atoms with Crippen molar-refractivity contribution in [1.82, 2.24) is 4.90 Å². The van der Waals surface area contributed by atoms with Gasteiger partial charge in [-0.05, 0) is 20.3 Å². The molecule has 0 aromatic carbocycles. The van der Waals surface area contributed by atoms with Crippen LogP contribution in [0.4, 0.5) is 0 Å². The summed E-state index contributed by atoms with van der Waals surface area (Å²) in [6.45, 7) is 3.60. The van der Waals surface area contributed by atoms with E-state index in [0.717, 1.165) is 6.42 Å². The van der Waals surface area contributed by atoms with Gasteiger partial charge in [0.1, 0.15) is 6.04 Å². The van der Waals surface area contributed by atoms with Gasteiger partial charge in [-0.3, -0.25) is 9.59 Å². The van der Waals surface area contributed by atoms with Crippen LogP contribution in [0.5, 0.6) is 0 Å². The second kappa shape index (κ2) is 3.13. The molecule has 1 aliphatic rings. The van der Waals surface area contributed by atoms with Crippen LogP contribution in [0.1, 0.15) is 26.7 Å². The Labute approximate surface area is 71.7 Å². The van der Waals surface area contributed by atoms with Crippen LogP contribution in [0, 0.1) is 0 Å². The molecule has 1 rings (SSSR count). The number of rotatable bonds is 2. The van der Waals surface area contributed by atoms with Crippen LogP contribution in [-0.2, 0) is 9.59 Å². The molecule has 0 aromatic heterocycles. The molecule has 2 unspecified atom stereocenters. The summed E-state index contributed by atoms with van der Waals surface area (Å²) in [5, 5.41) is 0. The molecule has 0 radical (unpaired) electrons. The summed E-state index contributed by atoms with van der Waals surface area (Å²) in [4.78, 5) is 23.6. The topological polar surface area (TPSA) is 63.4 Å². The minimum absolute atomic E-state index is 0.0359. The summed E-state index contributed by atoms with van der Waals surface area (Å²) in [5.41, 5.74) is 5.11. The molecule has 68 valence electrons. The fourth-order valence-electron chi connectivity index (χ4n) is 1.58. The smallest absolute Gasteiger partial charge is 0.239 e. The van der Waals surface area contributed by atoms with E-state index < -0.39 is 11.9 Å². The molecule has 0 aliphatic carbocycles. The van der Waals surface area contributed by atoms with Crippen LogP contribution < -0.4 is 5.73 Å². The van der Waals surface area contributed by atoms with E-state index in [9.17, 15) is 9.59 Å². The molecule has 0 aromatic rings. The average Bonchev–Trinajstić information content (AvgIpc) is 2.30. The van der Waals surface area contributed by atoms with Gasteiger partial charge in [-0.2, -0.15) is 0 Å². The third kappa shape index (κ3) is 1.42. The van der Waals surface area contributed by atoms with Crippen LogP contribution in [-0.4, -0.2) is 28.8 Å². The predicted molar refractivity (Wildman–Crippen MR) is 44.2 cm³/mol. The van der Waals surface area contributed by atoms with E-state index in [2.05, 4.69) is 0 Å². The zero-order valence-electron chi connectivity index (χ0n) is 7.41.